The normalized spacial score (nSPS) is 18.3. The monoisotopic (exact) mass is 455 g/mol. The summed E-state index contributed by atoms with van der Waals surface area (Å²) in [7, 11) is -2.32. The molecule has 1 aliphatic rings. The number of hydrogen-bond acceptors (Lipinski definition) is 8. The van der Waals surface area contributed by atoms with Crippen molar-refractivity contribution in [2.45, 2.75) is 13.0 Å². The van der Waals surface area contributed by atoms with Crippen LogP contribution in [0.15, 0.2) is 41.0 Å². The predicted octanol–water partition coefficient (Wildman–Crippen LogP) is 4.10. The Morgan fingerprint density at radius 2 is 2.09 bits per heavy atom. The molecule has 0 amide bonds. The highest BCUT2D eigenvalue weighted by Gasteiger charge is 2.30. The topological polar surface area (TPSA) is 109 Å². The molecule has 2 atom stereocenters. The molecule has 4 rings (SSSR count). The zero-order valence-corrected chi connectivity index (χ0v) is 18.6. The van der Waals surface area contributed by atoms with E-state index in [0.717, 1.165) is 10.9 Å². The zero-order valence-electron chi connectivity index (χ0n) is 17.8. The predicted molar refractivity (Wildman–Crippen MR) is 120 cm³/mol. The molecule has 1 saturated heterocycles. The fourth-order valence-corrected chi connectivity index (χ4v) is 4.15. The minimum atomic E-state index is -2.32. The Balaban J connectivity index is 1.73. The summed E-state index contributed by atoms with van der Waals surface area (Å²) in [6.07, 6.45) is 4.06. The first-order chi connectivity index (χ1) is 15.2. The second kappa shape index (κ2) is 8.68. The Hall–Kier alpha value is -3.29. The average Bonchev–Trinajstić information content (AvgIpc) is 3.15. The van der Waals surface area contributed by atoms with E-state index in [1.165, 1.54) is 18.5 Å². The first-order valence-electron chi connectivity index (χ1n) is 9.86. The number of hydrogen-bond donors (Lipinski definition) is 1. The number of aromatic nitrogens is 2. The highest BCUT2D eigenvalue weighted by Crippen LogP contribution is 2.35. The number of anilines is 2. The summed E-state index contributed by atoms with van der Waals surface area (Å²) in [4.78, 5) is 8.69. The van der Waals surface area contributed by atoms with E-state index in [4.69, 9.17) is 9.47 Å². The molecule has 1 aromatic heterocycles. The summed E-state index contributed by atoms with van der Waals surface area (Å²) in [6.45, 7) is 2.43. The average molecular weight is 456 g/mol. The van der Waals surface area contributed by atoms with E-state index in [9.17, 15) is 13.9 Å². The van der Waals surface area contributed by atoms with Crippen molar-refractivity contribution in [3.05, 3.63) is 48.0 Å². The molecule has 166 valence electrons. The number of nitrogens with zero attached hydrogens (tertiary/aromatic N) is 4. The van der Waals surface area contributed by atoms with E-state index in [2.05, 4.69) is 25.7 Å². The third kappa shape index (κ3) is 4.79. The molecule has 0 bridgehead atoms. The molecule has 10 heteroatoms. The number of nitrogens with one attached hydrogen (secondary N) is 1. The number of nitriles is 1. The third-order valence-corrected chi connectivity index (χ3v) is 5.56. The van der Waals surface area contributed by atoms with Crippen LogP contribution in [0.25, 0.3) is 10.9 Å². The van der Waals surface area contributed by atoms with Crippen LogP contribution in [-0.2, 0) is 14.5 Å². The number of rotatable bonds is 5. The smallest absolute Gasteiger partial charge is 0.146 e. The Kier molecular flexibility index (Phi) is 5.95. The van der Waals surface area contributed by atoms with Gasteiger partial charge in [0.15, 0.2) is 0 Å². The molecule has 0 spiro atoms. The van der Waals surface area contributed by atoms with Gasteiger partial charge < -0.3 is 14.8 Å². The molecule has 0 unspecified atom stereocenters. The van der Waals surface area contributed by atoms with Crippen molar-refractivity contribution in [2.24, 2.45) is 10.3 Å². The van der Waals surface area contributed by atoms with E-state index >= 15 is 0 Å². The van der Waals surface area contributed by atoms with Crippen LogP contribution in [0, 0.1) is 30.0 Å². The summed E-state index contributed by atoms with van der Waals surface area (Å²) in [5.41, 5.74) is 2.53. The lowest BCUT2D eigenvalue weighted by atomic mass is 10.1. The fourth-order valence-electron chi connectivity index (χ4n) is 3.53. The Morgan fingerprint density at radius 1 is 1.28 bits per heavy atom. The van der Waals surface area contributed by atoms with Gasteiger partial charge >= 0.3 is 0 Å². The molecular formula is C22H22FN5O3S. The molecule has 0 saturated carbocycles. The van der Waals surface area contributed by atoms with Crippen LogP contribution in [0.3, 0.4) is 0 Å². The quantitative estimate of drug-likeness (QED) is 0.617. The van der Waals surface area contributed by atoms with Gasteiger partial charge in [-0.05, 0) is 36.8 Å². The maximum Gasteiger partial charge on any atom is 0.146 e. The second-order valence-corrected chi connectivity index (χ2v) is 10.4. The maximum absolute atomic E-state index is 14.0. The van der Waals surface area contributed by atoms with E-state index in [1.807, 2.05) is 13.0 Å². The highest BCUT2D eigenvalue weighted by atomic mass is 32.2. The molecule has 1 aliphatic heterocycles. The van der Waals surface area contributed by atoms with Crippen LogP contribution in [0.4, 0.5) is 21.6 Å². The van der Waals surface area contributed by atoms with Crippen molar-refractivity contribution >= 4 is 37.8 Å². The summed E-state index contributed by atoms with van der Waals surface area (Å²) in [5, 5.41) is 13.2. The van der Waals surface area contributed by atoms with Crippen LogP contribution in [-0.4, -0.2) is 46.0 Å². The molecule has 2 aromatic carbocycles. The van der Waals surface area contributed by atoms with Crippen LogP contribution < -0.4 is 10.1 Å². The first kappa shape index (κ1) is 21.9. The molecular weight excluding hydrogens is 433 g/mol. The molecule has 1 N–H and O–H groups in total. The Morgan fingerprint density at radius 3 is 2.84 bits per heavy atom. The zero-order chi connectivity index (χ0) is 22.9. The molecule has 1 fully saturated rings. The van der Waals surface area contributed by atoms with Crippen molar-refractivity contribution in [3.63, 3.8) is 0 Å². The van der Waals surface area contributed by atoms with Gasteiger partial charge in [-0.15, -0.1) is 0 Å². The number of benzene rings is 2. The van der Waals surface area contributed by atoms with Gasteiger partial charge in [-0.3, -0.25) is 0 Å². The van der Waals surface area contributed by atoms with Gasteiger partial charge in [-0.2, -0.15) is 9.62 Å². The third-order valence-electron chi connectivity index (χ3n) is 4.91. The molecule has 2 heterocycles. The van der Waals surface area contributed by atoms with E-state index < -0.39 is 27.6 Å². The standard InChI is InChI=1S/C22H22FN5O3S/c1-13-6-16(28-32(2,3)29)8-18-21(13)22(26-12-25-18)27-17-5-4-15(23)7-19(17)31-20-11-30-10-14(20)9-24/h4-8,12,14,20H,10-11H2,1-3H3,(H,25,26,27)/t14-,20+/m1/s1. The van der Waals surface area contributed by atoms with Gasteiger partial charge in [0, 0.05) is 33.7 Å². The molecule has 3 aromatic rings. The fraction of sp³-hybridized carbons (Fsp3) is 0.318. The van der Waals surface area contributed by atoms with Crippen molar-refractivity contribution < 1.29 is 18.1 Å². The number of fused-ring (bicyclic) bond motifs is 1. The van der Waals surface area contributed by atoms with Gasteiger partial charge in [-0.1, -0.05) is 0 Å². The van der Waals surface area contributed by atoms with E-state index in [1.54, 1.807) is 24.6 Å². The maximum atomic E-state index is 14.0. The number of halogens is 1. The SMILES string of the molecule is Cc1cc(N=S(C)(C)=O)cc2ncnc(Nc3ccc(F)cc3O[C@H]3COC[C@H]3C#N)c12. The molecule has 0 aliphatic carbocycles. The highest BCUT2D eigenvalue weighted by molar-refractivity contribution is 7.92. The lowest BCUT2D eigenvalue weighted by molar-refractivity contribution is 0.140. The van der Waals surface area contributed by atoms with Crippen molar-refractivity contribution in [3.8, 4) is 11.8 Å². The first-order valence-corrected chi connectivity index (χ1v) is 12.2. The molecule has 32 heavy (non-hydrogen) atoms. The van der Waals surface area contributed by atoms with Gasteiger partial charge in [0.1, 0.15) is 35.7 Å². The van der Waals surface area contributed by atoms with Crippen LogP contribution in [0.1, 0.15) is 5.56 Å². The lowest BCUT2D eigenvalue weighted by Gasteiger charge is -2.19. The second-order valence-electron chi connectivity index (χ2n) is 7.85. The summed E-state index contributed by atoms with van der Waals surface area (Å²) >= 11 is 0. The molecule has 0 radical (unpaired) electrons. The van der Waals surface area contributed by atoms with Crippen molar-refractivity contribution in [2.75, 3.05) is 31.0 Å². The summed E-state index contributed by atoms with van der Waals surface area (Å²) < 4.78 is 41.6. The van der Waals surface area contributed by atoms with Crippen LogP contribution in [0.2, 0.25) is 0 Å². The van der Waals surface area contributed by atoms with E-state index in [0.29, 0.717) is 22.7 Å². The minimum absolute atomic E-state index is 0.258. The largest absolute Gasteiger partial charge is 0.484 e. The van der Waals surface area contributed by atoms with Gasteiger partial charge in [-0.25, -0.2) is 18.6 Å². The van der Waals surface area contributed by atoms with Gasteiger partial charge in [0.25, 0.3) is 0 Å². The minimum Gasteiger partial charge on any atom is -0.484 e. The molecule has 8 nitrogen and oxygen atoms in total. The lowest BCUT2D eigenvalue weighted by Crippen LogP contribution is -2.24. The van der Waals surface area contributed by atoms with E-state index in [-0.39, 0.29) is 19.0 Å². The van der Waals surface area contributed by atoms with Gasteiger partial charge in [0.2, 0.25) is 0 Å². The Labute approximate surface area is 185 Å². The van der Waals surface area contributed by atoms with Crippen LogP contribution >= 0.6 is 0 Å². The number of aryl methyl sites for hydroxylation is 1. The number of ether oxygens (including phenoxy) is 2. The van der Waals surface area contributed by atoms with Crippen molar-refractivity contribution in [1.82, 2.24) is 9.97 Å². The summed E-state index contributed by atoms with van der Waals surface area (Å²) in [6, 6.07) is 9.86. The van der Waals surface area contributed by atoms with Gasteiger partial charge in [0.05, 0.1) is 36.2 Å². The van der Waals surface area contributed by atoms with Crippen LogP contribution in [0.5, 0.6) is 5.75 Å². The summed E-state index contributed by atoms with van der Waals surface area (Å²) in [5.74, 6) is -0.129. The van der Waals surface area contributed by atoms with Crippen molar-refractivity contribution in [1.29, 1.82) is 5.26 Å². The Bertz CT molecular complexity index is 1340.